The summed E-state index contributed by atoms with van der Waals surface area (Å²) in [5.41, 5.74) is 4.29. The van der Waals surface area contributed by atoms with Crippen LogP contribution in [-0.2, 0) is 13.0 Å². The first kappa shape index (κ1) is 9.54. The lowest BCUT2D eigenvalue weighted by Gasteiger charge is -2.43. The van der Waals surface area contributed by atoms with Crippen LogP contribution in [0, 0.1) is 14.1 Å². The van der Waals surface area contributed by atoms with Crippen LogP contribution < -0.4 is 0 Å². The van der Waals surface area contributed by atoms with E-state index in [-0.39, 0.29) is 0 Å². The molecule has 1 spiro atoms. The van der Waals surface area contributed by atoms with E-state index in [2.05, 4.69) is 28.5 Å². The fourth-order valence-corrected chi connectivity index (χ4v) is 3.12. The van der Waals surface area contributed by atoms with E-state index in [1.807, 2.05) is 18.5 Å². The summed E-state index contributed by atoms with van der Waals surface area (Å²) in [4.78, 5) is 6.50. The minimum atomic E-state index is 0.344. The summed E-state index contributed by atoms with van der Waals surface area (Å²) in [5.74, 6) is 0. The fourth-order valence-electron chi connectivity index (χ4n) is 3.12. The van der Waals surface area contributed by atoms with E-state index in [0.29, 0.717) is 5.54 Å². The van der Waals surface area contributed by atoms with Gasteiger partial charge in [-0.2, -0.15) is 0 Å². The van der Waals surface area contributed by atoms with Crippen molar-refractivity contribution < 1.29 is 0 Å². The molecule has 0 atom stereocenters. The molecule has 0 amide bonds. The second-order valence-electron chi connectivity index (χ2n) is 5.35. The van der Waals surface area contributed by atoms with Gasteiger partial charge in [-0.25, -0.2) is 0 Å². The second kappa shape index (κ2) is 2.85. The van der Waals surface area contributed by atoms with Gasteiger partial charge in [0.05, 0.1) is 0 Å². The molecule has 88 valence electrons. The van der Waals surface area contributed by atoms with Gasteiger partial charge in [0.25, 0.3) is 0 Å². The summed E-state index contributed by atoms with van der Waals surface area (Å²) in [6.45, 7) is 0.910. The molecule has 1 aliphatic heterocycles. The summed E-state index contributed by atoms with van der Waals surface area (Å²) in [7, 11) is 8.36. The molecule has 2 aromatic rings. The third-order valence-corrected chi connectivity index (χ3v) is 4.43. The van der Waals surface area contributed by atoms with Crippen LogP contribution in [0.25, 0.3) is 10.9 Å². The summed E-state index contributed by atoms with van der Waals surface area (Å²) < 4.78 is 2.06. The van der Waals surface area contributed by atoms with Crippen LogP contribution in [0.2, 0.25) is 0 Å². The monoisotopic (exact) mass is 225 g/mol. The van der Waals surface area contributed by atoms with Gasteiger partial charge in [0.15, 0.2) is 0 Å². The zero-order valence-electron chi connectivity index (χ0n) is 9.82. The van der Waals surface area contributed by atoms with E-state index in [1.165, 1.54) is 35.0 Å². The maximum atomic E-state index is 4.25. The third-order valence-electron chi connectivity index (χ3n) is 4.43. The van der Waals surface area contributed by atoms with E-state index >= 15 is 0 Å². The van der Waals surface area contributed by atoms with Crippen molar-refractivity contribution in [3.05, 3.63) is 43.8 Å². The summed E-state index contributed by atoms with van der Waals surface area (Å²) >= 11 is 0. The minimum absolute atomic E-state index is 0.344. The molecule has 4 rings (SSSR count). The van der Waals surface area contributed by atoms with Crippen LogP contribution in [-0.4, -0.2) is 20.0 Å². The standard InChI is InChI=1S/C14H15N3/c1-16-9-13-10(7-14(16)4-5-14)11-8-15-6-3-12(11)17(13)2/h3,6,8H,1-2,4-5,7,9H2/q-2. The minimum Gasteiger partial charge on any atom is -0.483 e. The van der Waals surface area contributed by atoms with E-state index in [9.17, 15) is 0 Å². The Bertz CT molecular complexity index is 607. The Balaban J connectivity index is 2.00. The smallest absolute Gasteiger partial charge is 0.0230 e. The number of rotatable bonds is 0. The Morgan fingerprint density at radius 1 is 1.29 bits per heavy atom. The Morgan fingerprint density at radius 3 is 2.88 bits per heavy atom. The van der Waals surface area contributed by atoms with Crippen molar-refractivity contribution in [3.8, 4) is 0 Å². The molecule has 2 aliphatic rings. The number of hydrogen-bond acceptors (Lipinski definition) is 2. The van der Waals surface area contributed by atoms with Crippen molar-refractivity contribution in [1.29, 1.82) is 0 Å². The van der Waals surface area contributed by atoms with Crippen LogP contribution >= 0.6 is 0 Å². The largest absolute Gasteiger partial charge is 0.483 e. The molecule has 1 fully saturated rings. The van der Waals surface area contributed by atoms with E-state index in [4.69, 9.17) is 0 Å². The SMILES string of the molecule is [CH2-]N1Cc2c(c3cnccc3n2[CH2-])CC12CC2. The van der Waals surface area contributed by atoms with Gasteiger partial charge >= 0.3 is 0 Å². The van der Waals surface area contributed by atoms with Crippen molar-refractivity contribution in [2.75, 3.05) is 0 Å². The molecular formula is C14H15N3-2. The molecule has 0 radical (unpaired) electrons. The number of hydrogen-bond donors (Lipinski definition) is 0. The number of pyridine rings is 1. The summed E-state index contributed by atoms with van der Waals surface area (Å²) in [6, 6.07) is 2.05. The van der Waals surface area contributed by atoms with Crippen LogP contribution in [0.3, 0.4) is 0 Å². The molecular weight excluding hydrogens is 210 g/mol. The van der Waals surface area contributed by atoms with Crippen molar-refractivity contribution in [3.63, 3.8) is 0 Å². The lowest BCUT2D eigenvalue weighted by Crippen LogP contribution is -2.38. The summed E-state index contributed by atoms with van der Waals surface area (Å²) in [5, 5.41) is 1.27. The number of nitrogens with zero attached hydrogens (tertiary/aromatic N) is 3. The number of fused-ring (bicyclic) bond motifs is 3. The average Bonchev–Trinajstić information content (AvgIpc) is 3.07. The maximum absolute atomic E-state index is 4.25. The zero-order valence-corrected chi connectivity index (χ0v) is 9.82. The molecule has 0 aromatic carbocycles. The molecule has 2 aromatic heterocycles. The highest BCUT2D eigenvalue weighted by atomic mass is 15.2. The highest BCUT2D eigenvalue weighted by molar-refractivity contribution is 5.85. The van der Waals surface area contributed by atoms with E-state index in [0.717, 1.165) is 13.0 Å². The van der Waals surface area contributed by atoms with Crippen LogP contribution in [0.5, 0.6) is 0 Å². The van der Waals surface area contributed by atoms with Gasteiger partial charge in [-0.3, -0.25) is 12.0 Å². The molecule has 0 saturated heterocycles. The van der Waals surface area contributed by atoms with E-state index < -0.39 is 0 Å². The maximum Gasteiger partial charge on any atom is 0.0230 e. The Morgan fingerprint density at radius 2 is 2.12 bits per heavy atom. The van der Waals surface area contributed by atoms with Crippen LogP contribution in [0.15, 0.2) is 18.5 Å². The second-order valence-corrected chi connectivity index (χ2v) is 5.35. The molecule has 3 heteroatoms. The molecule has 0 N–H and O–H groups in total. The highest BCUT2D eigenvalue weighted by Crippen LogP contribution is 2.49. The Hall–Kier alpha value is -1.48. The first-order valence-electron chi connectivity index (χ1n) is 6.06. The molecule has 1 aliphatic carbocycles. The van der Waals surface area contributed by atoms with Crippen LogP contribution in [0.1, 0.15) is 24.1 Å². The lowest BCUT2D eigenvalue weighted by molar-refractivity contribution is 0.218. The average molecular weight is 225 g/mol. The van der Waals surface area contributed by atoms with Gasteiger partial charge in [-0.05, 0) is 36.7 Å². The molecule has 3 nitrogen and oxygen atoms in total. The van der Waals surface area contributed by atoms with Gasteiger partial charge < -0.3 is 9.47 Å². The normalized spacial score (nSPS) is 21.9. The molecule has 17 heavy (non-hydrogen) atoms. The third kappa shape index (κ3) is 1.10. The van der Waals surface area contributed by atoms with Gasteiger partial charge in [0, 0.05) is 12.4 Å². The van der Waals surface area contributed by atoms with Gasteiger partial charge in [0.1, 0.15) is 0 Å². The fraction of sp³-hybridized carbons (Fsp3) is 0.357. The molecule has 0 unspecified atom stereocenters. The topological polar surface area (TPSA) is 21.1 Å². The van der Waals surface area contributed by atoms with Crippen molar-refractivity contribution >= 4 is 10.9 Å². The molecule has 0 bridgehead atoms. The first-order chi connectivity index (χ1) is 8.21. The van der Waals surface area contributed by atoms with Crippen molar-refractivity contribution in [2.24, 2.45) is 0 Å². The van der Waals surface area contributed by atoms with Crippen LogP contribution in [0.4, 0.5) is 0 Å². The Labute approximate surface area is 101 Å². The summed E-state index contributed by atoms with van der Waals surface area (Å²) in [6.07, 6.45) is 7.48. The van der Waals surface area contributed by atoms with Gasteiger partial charge in [-0.1, -0.05) is 22.8 Å². The molecule has 1 saturated carbocycles. The van der Waals surface area contributed by atoms with Crippen molar-refractivity contribution in [2.45, 2.75) is 31.3 Å². The van der Waals surface area contributed by atoms with E-state index in [1.54, 1.807) is 0 Å². The van der Waals surface area contributed by atoms with Gasteiger partial charge in [0.2, 0.25) is 0 Å². The van der Waals surface area contributed by atoms with Gasteiger partial charge in [-0.15, -0.1) is 7.05 Å². The Kier molecular flexibility index (Phi) is 1.60. The first-order valence-corrected chi connectivity index (χ1v) is 6.06. The highest BCUT2D eigenvalue weighted by Gasteiger charge is 2.45. The predicted octanol–water partition coefficient (Wildman–Crippen LogP) is 2.36. The zero-order chi connectivity index (χ0) is 11.6. The lowest BCUT2D eigenvalue weighted by atomic mass is 9.96. The quantitative estimate of drug-likeness (QED) is 0.642. The van der Waals surface area contributed by atoms with Crippen molar-refractivity contribution in [1.82, 2.24) is 14.5 Å². The predicted molar refractivity (Wildman–Crippen MR) is 67.1 cm³/mol. The molecule has 3 heterocycles. The number of aromatic nitrogens is 2.